The van der Waals surface area contributed by atoms with Gasteiger partial charge in [-0.1, -0.05) is 25.5 Å². The number of rotatable bonds is 0. The van der Waals surface area contributed by atoms with Crippen molar-refractivity contribution in [2.75, 3.05) is 0 Å². The second-order valence-electron chi connectivity index (χ2n) is 10.1. The first-order valence-electron chi connectivity index (χ1n) is 9.70. The van der Waals surface area contributed by atoms with Crippen LogP contribution in [0.15, 0.2) is 11.6 Å². The Labute approximate surface area is 154 Å². The topological polar surface area (TPSA) is 121 Å². The molecule has 0 aromatic heterocycles. The largest absolute Gasteiger partial charge is 0.392 e. The van der Waals surface area contributed by atoms with E-state index >= 15 is 0 Å². The summed E-state index contributed by atoms with van der Waals surface area (Å²) >= 11 is 0. The summed E-state index contributed by atoms with van der Waals surface area (Å²) in [7, 11) is 0. The van der Waals surface area contributed by atoms with E-state index in [1.165, 1.54) is 0 Å². The van der Waals surface area contributed by atoms with Crippen LogP contribution in [0.25, 0.3) is 0 Å². The summed E-state index contributed by atoms with van der Waals surface area (Å²) in [4.78, 5) is 0. The van der Waals surface area contributed by atoms with Gasteiger partial charge < -0.3 is 30.6 Å². The Bertz CT molecular complexity index is 657. The van der Waals surface area contributed by atoms with Crippen molar-refractivity contribution in [3.8, 4) is 0 Å². The van der Waals surface area contributed by atoms with E-state index in [9.17, 15) is 30.6 Å². The molecule has 26 heavy (non-hydrogen) atoms. The Balaban J connectivity index is 1.94. The molecule has 0 heterocycles. The average Bonchev–Trinajstić information content (AvgIpc) is 2.73. The van der Waals surface area contributed by atoms with Gasteiger partial charge in [-0.15, -0.1) is 0 Å². The van der Waals surface area contributed by atoms with Gasteiger partial charge in [0.2, 0.25) is 0 Å². The Morgan fingerprint density at radius 3 is 2.19 bits per heavy atom. The molecule has 4 aliphatic carbocycles. The van der Waals surface area contributed by atoms with Crippen LogP contribution in [0.2, 0.25) is 0 Å². The molecule has 6 nitrogen and oxygen atoms in total. The van der Waals surface area contributed by atoms with E-state index in [1.807, 2.05) is 13.0 Å². The molecule has 3 saturated carbocycles. The molecule has 0 amide bonds. The molecule has 1 spiro atoms. The molecule has 0 radical (unpaired) electrons. The third-order valence-corrected chi connectivity index (χ3v) is 8.73. The summed E-state index contributed by atoms with van der Waals surface area (Å²) in [5.41, 5.74) is -4.43. The standard InChI is InChI=1S/C20H32O6/c1-9-7-19-8-12(21)20(26)14(13(22)16(24)17(20,2)3)18(4,25)11(19)6-5-10(9)15(19)23/h7,10-16,21-26H,5-6,8H2,1-4H3/t10-,11-,12+,13+,14-,15-,16-,18+,19-,20+/m0/s1. The van der Waals surface area contributed by atoms with Crippen molar-refractivity contribution in [1.29, 1.82) is 0 Å². The van der Waals surface area contributed by atoms with Gasteiger partial charge in [-0.05, 0) is 39.0 Å². The third kappa shape index (κ3) is 1.79. The molecule has 0 saturated heterocycles. The molecule has 4 aliphatic rings. The van der Waals surface area contributed by atoms with E-state index in [-0.39, 0.29) is 12.3 Å². The number of hydrogen-bond donors (Lipinski definition) is 6. The van der Waals surface area contributed by atoms with Gasteiger partial charge in [0.05, 0.1) is 30.0 Å². The highest BCUT2D eigenvalue weighted by molar-refractivity contribution is 5.34. The van der Waals surface area contributed by atoms with Gasteiger partial charge >= 0.3 is 0 Å². The Morgan fingerprint density at radius 2 is 1.58 bits per heavy atom. The van der Waals surface area contributed by atoms with Gasteiger partial charge in [0.25, 0.3) is 0 Å². The highest BCUT2D eigenvalue weighted by Crippen LogP contribution is 2.67. The van der Waals surface area contributed by atoms with Crippen molar-refractivity contribution in [3.63, 3.8) is 0 Å². The van der Waals surface area contributed by atoms with Crippen LogP contribution in [-0.4, -0.2) is 66.3 Å². The second kappa shape index (κ2) is 5.10. The lowest BCUT2D eigenvalue weighted by atomic mass is 9.57. The molecule has 0 aliphatic heterocycles. The minimum absolute atomic E-state index is 0.00496. The fourth-order valence-electron chi connectivity index (χ4n) is 7.35. The maximum Gasteiger partial charge on any atom is 0.106 e. The first-order chi connectivity index (χ1) is 11.8. The van der Waals surface area contributed by atoms with Gasteiger partial charge in [0.1, 0.15) is 5.60 Å². The fraction of sp³-hybridized carbons (Fsp3) is 0.900. The first-order valence-corrected chi connectivity index (χ1v) is 9.70. The van der Waals surface area contributed by atoms with Gasteiger partial charge in [0.15, 0.2) is 0 Å². The number of hydrogen-bond acceptors (Lipinski definition) is 6. The molecule has 10 atom stereocenters. The summed E-state index contributed by atoms with van der Waals surface area (Å²) in [6, 6.07) is 0. The van der Waals surface area contributed by atoms with Crippen molar-refractivity contribution in [2.24, 2.45) is 28.6 Å². The Hall–Kier alpha value is -0.500. The Morgan fingerprint density at radius 1 is 0.962 bits per heavy atom. The molecule has 148 valence electrons. The van der Waals surface area contributed by atoms with E-state index in [1.54, 1.807) is 20.8 Å². The predicted molar refractivity (Wildman–Crippen MR) is 93.9 cm³/mol. The number of aliphatic hydroxyl groups excluding tert-OH is 4. The van der Waals surface area contributed by atoms with Crippen molar-refractivity contribution in [1.82, 2.24) is 0 Å². The predicted octanol–water partition coefficient (Wildman–Crippen LogP) is -0.0557. The highest BCUT2D eigenvalue weighted by Gasteiger charge is 2.76. The normalized spacial score (nSPS) is 60.8. The van der Waals surface area contributed by atoms with Crippen LogP contribution in [0.5, 0.6) is 0 Å². The van der Waals surface area contributed by atoms with Crippen molar-refractivity contribution in [2.45, 2.75) is 82.6 Å². The molecule has 0 aromatic rings. The van der Waals surface area contributed by atoms with Crippen LogP contribution >= 0.6 is 0 Å². The van der Waals surface area contributed by atoms with Crippen LogP contribution in [0, 0.1) is 28.6 Å². The van der Waals surface area contributed by atoms with Crippen LogP contribution in [0.1, 0.15) is 47.0 Å². The minimum Gasteiger partial charge on any atom is -0.392 e. The lowest BCUT2D eigenvalue weighted by molar-refractivity contribution is -0.208. The summed E-state index contributed by atoms with van der Waals surface area (Å²) in [6.07, 6.45) is -1.22. The lowest BCUT2D eigenvalue weighted by Crippen LogP contribution is -2.62. The van der Waals surface area contributed by atoms with Crippen molar-refractivity contribution < 1.29 is 30.6 Å². The zero-order valence-electron chi connectivity index (χ0n) is 15.9. The molecule has 6 heteroatoms. The molecule has 3 fully saturated rings. The first kappa shape index (κ1) is 18.8. The van der Waals surface area contributed by atoms with E-state index in [4.69, 9.17) is 0 Å². The minimum atomic E-state index is -1.87. The van der Waals surface area contributed by atoms with Crippen LogP contribution < -0.4 is 0 Å². The van der Waals surface area contributed by atoms with E-state index in [0.29, 0.717) is 6.42 Å². The smallest absolute Gasteiger partial charge is 0.106 e. The van der Waals surface area contributed by atoms with Gasteiger partial charge in [-0.2, -0.15) is 0 Å². The van der Waals surface area contributed by atoms with Gasteiger partial charge in [0, 0.05) is 22.7 Å². The number of aliphatic hydroxyl groups is 6. The van der Waals surface area contributed by atoms with Crippen LogP contribution in [-0.2, 0) is 0 Å². The lowest BCUT2D eigenvalue weighted by Gasteiger charge is -2.51. The quantitative estimate of drug-likeness (QED) is 0.333. The summed E-state index contributed by atoms with van der Waals surface area (Å²) < 4.78 is 0. The van der Waals surface area contributed by atoms with Crippen molar-refractivity contribution >= 4 is 0 Å². The molecule has 0 unspecified atom stereocenters. The van der Waals surface area contributed by atoms with E-state index < -0.39 is 58.3 Å². The highest BCUT2D eigenvalue weighted by atomic mass is 16.4. The zero-order chi connectivity index (χ0) is 19.4. The molecular weight excluding hydrogens is 336 g/mol. The second-order valence-corrected chi connectivity index (χ2v) is 10.1. The van der Waals surface area contributed by atoms with Crippen LogP contribution in [0.3, 0.4) is 0 Å². The summed E-state index contributed by atoms with van der Waals surface area (Å²) in [5, 5.41) is 66.9. The summed E-state index contributed by atoms with van der Waals surface area (Å²) in [6.45, 7) is 6.78. The molecule has 4 rings (SSSR count). The summed E-state index contributed by atoms with van der Waals surface area (Å²) in [5.74, 6) is -1.54. The van der Waals surface area contributed by atoms with Gasteiger partial charge in [-0.25, -0.2) is 0 Å². The maximum atomic E-state index is 11.7. The molecule has 0 aromatic carbocycles. The average molecular weight is 368 g/mol. The van der Waals surface area contributed by atoms with Gasteiger partial charge in [-0.3, -0.25) is 0 Å². The van der Waals surface area contributed by atoms with Crippen molar-refractivity contribution in [3.05, 3.63) is 11.6 Å². The van der Waals surface area contributed by atoms with Crippen LogP contribution in [0.4, 0.5) is 0 Å². The fourth-order valence-corrected chi connectivity index (χ4v) is 7.35. The monoisotopic (exact) mass is 368 g/mol. The Kier molecular flexibility index (Phi) is 3.70. The maximum absolute atomic E-state index is 11.7. The SMILES string of the molecule is CC1=C[C@]23C[C@@H](O)[C@@]4(O)[C@@H]([C@@H](O)[C@H](O)C4(C)C)[C@](C)(O)[C@@H]2CC[C@@H]1[C@@H]3O. The zero-order valence-corrected chi connectivity index (χ0v) is 15.9. The number of fused-ring (bicyclic) bond motifs is 2. The molecular formula is C20H32O6. The molecule has 2 bridgehead atoms. The third-order valence-electron chi connectivity index (χ3n) is 8.73. The van der Waals surface area contributed by atoms with E-state index in [2.05, 4.69) is 0 Å². The van der Waals surface area contributed by atoms with E-state index in [0.717, 1.165) is 12.0 Å². The molecule has 6 N–H and O–H groups in total.